The third kappa shape index (κ3) is 5.32. The molecule has 1 atom stereocenters. The molecular weight excluding hydrogens is 338 g/mol. The van der Waals surface area contributed by atoms with Gasteiger partial charge in [-0.3, -0.25) is 4.99 Å². The molecule has 0 bridgehead atoms. The molecule has 0 fully saturated rings. The summed E-state index contributed by atoms with van der Waals surface area (Å²) in [7, 11) is 3.53. The summed E-state index contributed by atoms with van der Waals surface area (Å²) >= 11 is 0. The van der Waals surface area contributed by atoms with Crippen molar-refractivity contribution in [2.24, 2.45) is 10.4 Å². The molecule has 6 heteroatoms. The molecule has 2 aromatic rings. The average Bonchev–Trinajstić information content (AvgIpc) is 2.92. The van der Waals surface area contributed by atoms with Crippen molar-refractivity contribution in [1.29, 1.82) is 0 Å². The van der Waals surface area contributed by atoms with Gasteiger partial charge in [0.15, 0.2) is 5.96 Å². The molecule has 148 valence electrons. The minimum absolute atomic E-state index is 0.0601. The number of aliphatic imine (C=N–C) groups is 1. The largest absolute Gasteiger partial charge is 0.379 e. The molecule has 2 rings (SSSR count). The van der Waals surface area contributed by atoms with E-state index in [9.17, 15) is 0 Å². The fourth-order valence-electron chi connectivity index (χ4n) is 3.08. The minimum Gasteiger partial charge on any atom is -0.379 e. The molecule has 0 amide bonds. The number of rotatable bonds is 6. The zero-order chi connectivity index (χ0) is 20.0. The second-order valence-corrected chi connectivity index (χ2v) is 7.79. The lowest BCUT2D eigenvalue weighted by atomic mass is 9.89. The monoisotopic (exact) mass is 371 g/mol. The maximum atomic E-state index is 5.60. The summed E-state index contributed by atoms with van der Waals surface area (Å²) in [5.74, 6) is 0.757. The highest BCUT2D eigenvalue weighted by atomic mass is 16.5. The van der Waals surface area contributed by atoms with Crippen molar-refractivity contribution in [2.45, 2.75) is 47.3 Å². The van der Waals surface area contributed by atoms with E-state index in [1.54, 1.807) is 14.2 Å². The molecule has 1 aromatic heterocycles. The first-order chi connectivity index (χ1) is 12.8. The zero-order valence-corrected chi connectivity index (χ0v) is 17.6. The number of para-hydroxylation sites is 1. The van der Waals surface area contributed by atoms with Crippen LogP contribution in [0.2, 0.25) is 0 Å². The molecule has 0 radical (unpaired) electrons. The van der Waals surface area contributed by atoms with E-state index in [1.807, 2.05) is 29.8 Å². The smallest absolute Gasteiger partial charge is 0.191 e. The van der Waals surface area contributed by atoms with Crippen LogP contribution in [-0.2, 0) is 11.3 Å². The van der Waals surface area contributed by atoms with E-state index in [0.29, 0.717) is 13.1 Å². The van der Waals surface area contributed by atoms with Crippen molar-refractivity contribution < 1.29 is 4.74 Å². The Kier molecular flexibility index (Phi) is 7.02. The highest BCUT2D eigenvalue weighted by Crippen LogP contribution is 2.21. The molecule has 1 aromatic carbocycles. The first-order valence-electron chi connectivity index (χ1n) is 9.35. The van der Waals surface area contributed by atoms with Crippen LogP contribution in [0.25, 0.3) is 5.69 Å². The second kappa shape index (κ2) is 9.04. The first kappa shape index (κ1) is 21.0. The number of aryl methyl sites for hydroxylation is 1. The molecule has 0 saturated carbocycles. The van der Waals surface area contributed by atoms with E-state index in [0.717, 1.165) is 23.0 Å². The van der Waals surface area contributed by atoms with Crippen LogP contribution >= 0.6 is 0 Å². The zero-order valence-electron chi connectivity index (χ0n) is 17.6. The van der Waals surface area contributed by atoms with E-state index < -0.39 is 0 Å². The number of methoxy groups -OCH3 is 1. The topological polar surface area (TPSA) is 63.5 Å². The van der Waals surface area contributed by atoms with E-state index in [4.69, 9.17) is 9.84 Å². The van der Waals surface area contributed by atoms with Crippen molar-refractivity contribution in [1.82, 2.24) is 20.4 Å². The van der Waals surface area contributed by atoms with Crippen molar-refractivity contribution >= 4 is 5.96 Å². The number of nitrogens with zero attached hydrogens (tertiary/aromatic N) is 3. The Morgan fingerprint density at radius 2 is 1.85 bits per heavy atom. The van der Waals surface area contributed by atoms with Gasteiger partial charge >= 0.3 is 0 Å². The fourth-order valence-corrected chi connectivity index (χ4v) is 3.08. The molecule has 0 aliphatic carbocycles. The maximum Gasteiger partial charge on any atom is 0.191 e. The third-order valence-corrected chi connectivity index (χ3v) is 4.80. The van der Waals surface area contributed by atoms with Crippen LogP contribution in [0.1, 0.15) is 37.7 Å². The van der Waals surface area contributed by atoms with Gasteiger partial charge in [-0.1, -0.05) is 39.0 Å². The summed E-state index contributed by atoms with van der Waals surface area (Å²) in [5, 5.41) is 11.5. The lowest BCUT2D eigenvalue weighted by Crippen LogP contribution is -2.45. The highest BCUT2D eigenvalue weighted by molar-refractivity contribution is 5.79. The van der Waals surface area contributed by atoms with Gasteiger partial charge in [0.05, 0.1) is 17.5 Å². The Morgan fingerprint density at radius 3 is 2.41 bits per heavy atom. The predicted octanol–water partition coefficient (Wildman–Crippen LogP) is 3.22. The lowest BCUT2D eigenvalue weighted by molar-refractivity contribution is 0.0205. The summed E-state index contributed by atoms with van der Waals surface area (Å²) in [4.78, 5) is 4.33. The van der Waals surface area contributed by atoms with Crippen molar-refractivity contribution in [3.63, 3.8) is 0 Å². The predicted molar refractivity (Wildman–Crippen MR) is 111 cm³/mol. The number of nitrogens with one attached hydrogen (secondary N) is 2. The summed E-state index contributed by atoms with van der Waals surface area (Å²) in [6.07, 6.45) is 0.0975. The van der Waals surface area contributed by atoms with E-state index in [-0.39, 0.29) is 11.5 Å². The molecule has 0 saturated heterocycles. The van der Waals surface area contributed by atoms with Crippen molar-refractivity contribution in [2.75, 3.05) is 20.7 Å². The first-order valence-corrected chi connectivity index (χ1v) is 9.35. The number of benzene rings is 1. The van der Waals surface area contributed by atoms with Crippen molar-refractivity contribution in [3.05, 3.63) is 47.3 Å². The van der Waals surface area contributed by atoms with Gasteiger partial charge in [0, 0.05) is 38.5 Å². The highest BCUT2D eigenvalue weighted by Gasteiger charge is 2.24. The van der Waals surface area contributed by atoms with Crippen LogP contribution in [-0.4, -0.2) is 42.5 Å². The third-order valence-electron chi connectivity index (χ3n) is 4.80. The normalized spacial score (nSPS) is 13.5. The standard InChI is InChI=1S/C21H33N5O/c1-15-18(16(2)26(25-15)17-11-9-8-10-12-17)13-23-20(22-6)24-14-19(27-7)21(3,4)5/h8-12,19H,13-14H2,1-7H3,(H2,22,23,24). The van der Waals surface area contributed by atoms with Gasteiger partial charge in [0.2, 0.25) is 0 Å². The SMILES string of the molecule is CN=C(NCc1c(C)nn(-c2ccccc2)c1C)NCC(OC)C(C)(C)C. The summed E-state index contributed by atoms with van der Waals surface area (Å²) < 4.78 is 7.59. The van der Waals surface area contributed by atoms with Crippen LogP contribution in [0.15, 0.2) is 35.3 Å². The number of hydrogen-bond donors (Lipinski definition) is 2. The van der Waals surface area contributed by atoms with Gasteiger partial charge in [-0.2, -0.15) is 5.10 Å². The molecular formula is C21H33N5O. The van der Waals surface area contributed by atoms with Crippen molar-refractivity contribution in [3.8, 4) is 5.69 Å². The lowest BCUT2D eigenvalue weighted by Gasteiger charge is -2.30. The van der Waals surface area contributed by atoms with Crippen LogP contribution in [0.4, 0.5) is 0 Å². The Morgan fingerprint density at radius 1 is 1.19 bits per heavy atom. The van der Waals surface area contributed by atoms with Gasteiger partial charge in [0.1, 0.15) is 0 Å². The van der Waals surface area contributed by atoms with Crippen LogP contribution in [0.5, 0.6) is 0 Å². The summed E-state index contributed by atoms with van der Waals surface area (Å²) in [5.41, 5.74) is 4.46. The van der Waals surface area contributed by atoms with Crippen LogP contribution in [0, 0.1) is 19.3 Å². The molecule has 27 heavy (non-hydrogen) atoms. The molecule has 0 aliphatic rings. The molecule has 6 nitrogen and oxygen atoms in total. The second-order valence-electron chi connectivity index (χ2n) is 7.79. The maximum absolute atomic E-state index is 5.60. The van der Waals surface area contributed by atoms with Gasteiger partial charge in [-0.25, -0.2) is 4.68 Å². The molecule has 1 heterocycles. The van der Waals surface area contributed by atoms with E-state index in [1.165, 1.54) is 5.56 Å². The van der Waals surface area contributed by atoms with Crippen LogP contribution < -0.4 is 10.6 Å². The number of hydrogen-bond acceptors (Lipinski definition) is 3. The molecule has 0 aliphatic heterocycles. The van der Waals surface area contributed by atoms with E-state index >= 15 is 0 Å². The number of aromatic nitrogens is 2. The Bertz CT molecular complexity index is 759. The van der Waals surface area contributed by atoms with Gasteiger partial charge in [-0.15, -0.1) is 0 Å². The molecule has 2 N–H and O–H groups in total. The van der Waals surface area contributed by atoms with Gasteiger partial charge in [0.25, 0.3) is 0 Å². The Labute approximate surface area is 163 Å². The average molecular weight is 372 g/mol. The van der Waals surface area contributed by atoms with Gasteiger partial charge < -0.3 is 15.4 Å². The molecule has 1 unspecified atom stereocenters. The fraction of sp³-hybridized carbons (Fsp3) is 0.524. The molecule has 0 spiro atoms. The Hall–Kier alpha value is -2.34. The van der Waals surface area contributed by atoms with Gasteiger partial charge in [-0.05, 0) is 31.4 Å². The van der Waals surface area contributed by atoms with E-state index in [2.05, 4.69) is 55.5 Å². The Balaban J connectivity index is 2.04. The summed E-state index contributed by atoms with van der Waals surface area (Å²) in [6.45, 7) is 12.0. The quantitative estimate of drug-likeness (QED) is 0.605. The summed E-state index contributed by atoms with van der Waals surface area (Å²) in [6, 6.07) is 10.2. The minimum atomic E-state index is 0.0601. The number of ether oxygens (including phenoxy) is 1. The number of guanidine groups is 1. The van der Waals surface area contributed by atoms with Crippen LogP contribution in [0.3, 0.4) is 0 Å².